The van der Waals surface area contributed by atoms with Gasteiger partial charge in [-0.05, 0) is 19.4 Å². The molecule has 1 aliphatic heterocycles. The van der Waals surface area contributed by atoms with Gasteiger partial charge in [0.25, 0.3) is 0 Å². The quantitative estimate of drug-likeness (QED) is 0.694. The molecule has 1 atom stereocenters. The zero-order valence-electron chi connectivity index (χ0n) is 9.03. The minimum absolute atomic E-state index is 0.0223. The van der Waals surface area contributed by atoms with Crippen molar-refractivity contribution in [2.24, 2.45) is 0 Å². The molecule has 0 saturated carbocycles. The van der Waals surface area contributed by atoms with Gasteiger partial charge in [0.15, 0.2) is 0 Å². The fourth-order valence-electron chi connectivity index (χ4n) is 1.94. The summed E-state index contributed by atoms with van der Waals surface area (Å²) < 4.78 is 0. The first-order valence-corrected chi connectivity index (χ1v) is 5.36. The van der Waals surface area contributed by atoms with Crippen LogP contribution in [0.3, 0.4) is 0 Å². The minimum atomic E-state index is -0.832. The summed E-state index contributed by atoms with van der Waals surface area (Å²) in [4.78, 5) is 23.8. The van der Waals surface area contributed by atoms with Gasteiger partial charge in [-0.25, -0.2) is 0 Å². The lowest BCUT2D eigenvalue weighted by Crippen LogP contribution is -2.40. The lowest BCUT2D eigenvalue weighted by atomic mass is 10.1. The molecule has 1 amide bonds. The maximum absolute atomic E-state index is 11.3. The summed E-state index contributed by atoms with van der Waals surface area (Å²) in [7, 11) is 0. The number of amides is 1. The molecular weight excluding hydrogens is 196 g/mol. The Kier molecular flexibility index (Phi) is 4.55. The molecule has 1 unspecified atom stereocenters. The second-order valence-corrected chi connectivity index (χ2v) is 3.81. The molecule has 5 nitrogen and oxygen atoms in total. The zero-order valence-corrected chi connectivity index (χ0v) is 9.03. The highest BCUT2D eigenvalue weighted by atomic mass is 16.4. The second kappa shape index (κ2) is 5.70. The molecule has 1 saturated heterocycles. The summed E-state index contributed by atoms with van der Waals surface area (Å²) in [6.45, 7) is 3.32. The standard InChI is InChI=1S/C10H18N2O3/c1-2-12(7-10(14)15)8-4-3-5-11-9(13)6-8/h8H,2-7H2,1H3,(H,11,13)(H,14,15). The molecule has 1 rings (SSSR count). The highest BCUT2D eigenvalue weighted by Gasteiger charge is 2.23. The van der Waals surface area contributed by atoms with Crippen molar-refractivity contribution in [1.29, 1.82) is 0 Å². The maximum Gasteiger partial charge on any atom is 0.317 e. The number of hydrogen-bond donors (Lipinski definition) is 2. The Balaban J connectivity index is 2.56. The molecule has 86 valence electrons. The van der Waals surface area contributed by atoms with Crippen molar-refractivity contribution in [2.75, 3.05) is 19.6 Å². The Hall–Kier alpha value is -1.10. The summed E-state index contributed by atoms with van der Waals surface area (Å²) in [5, 5.41) is 11.5. The third-order valence-electron chi connectivity index (χ3n) is 2.72. The third kappa shape index (κ3) is 3.87. The monoisotopic (exact) mass is 214 g/mol. The molecule has 0 spiro atoms. The van der Waals surface area contributed by atoms with Crippen molar-refractivity contribution in [2.45, 2.75) is 32.2 Å². The smallest absolute Gasteiger partial charge is 0.317 e. The molecule has 0 aromatic heterocycles. The fourth-order valence-corrected chi connectivity index (χ4v) is 1.94. The molecule has 0 aromatic carbocycles. The summed E-state index contributed by atoms with van der Waals surface area (Å²) in [6, 6.07) is 0.0774. The number of rotatable bonds is 4. The number of nitrogens with one attached hydrogen (secondary N) is 1. The van der Waals surface area contributed by atoms with E-state index in [1.54, 1.807) is 0 Å². The largest absolute Gasteiger partial charge is 0.480 e. The lowest BCUT2D eigenvalue weighted by molar-refractivity contribution is -0.139. The van der Waals surface area contributed by atoms with E-state index < -0.39 is 5.97 Å². The molecule has 5 heteroatoms. The molecule has 0 aliphatic carbocycles. The number of aliphatic carboxylic acids is 1. The van der Waals surface area contributed by atoms with Crippen molar-refractivity contribution in [1.82, 2.24) is 10.2 Å². The van der Waals surface area contributed by atoms with E-state index in [0.29, 0.717) is 19.5 Å². The van der Waals surface area contributed by atoms with Crippen LogP contribution in [0.4, 0.5) is 0 Å². The topological polar surface area (TPSA) is 69.6 Å². The Morgan fingerprint density at radius 3 is 3.00 bits per heavy atom. The molecule has 0 radical (unpaired) electrons. The molecule has 1 heterocycles. The normalized spacial score (nSPS) is 22.3. The van der Waals surface area contributed by atoms with E-state index in [4.69, 9.17) is 5.11 Å². The average Bonchev–Trinajstić information content (AvgIpc) is 2.39. The van der Waals surface area contributed by atoms with Gasteiger partial charge in [-0.2, -0.15) is 0 Å². The maximum atomic E-state index is 11.3. The van der Waals surface area contributed by atoms with Crippen LogP contribution in [0.1, 0.15) is 26.2 Å². The Labute approximate surface area is 89.4 Å². The second-order valence-electron chi connectivity index (χ2n) is 3.81. The predicted octanol–water partition coefficient (Wildman–Crippen LogP) is 0.0616. The summed E-state index contributed by atoms with van der Waals surface area (Å²) in [5.41, 5.74) is 0. The number of carbonyl (C=O) groups is 2. The van der Waals surface area contributed by atoms with Crippen molar-refractivity contribution < 1.29 is 14.7 Å². The van der Waals surface area contributed by atoms with Gasteiger partial charge >= 0.3 is 5.97 Å². The molecule has 15 heavy (non-hydrogen) atoms. The van der Waals surface area contributed by atoms with Crippen LogP contribution in [0.15, 0.2) is 0 Å². The van der Waals surface area contributed by atoms with Crippen molar-refractivity contribution in [3.63, 3.8) is 0 Å². The Morgan fingerprint density at radius 2 is 2.40 bits per heavy atom. The van der Waals surface area contributed by atoms with Crippen LogP contribution in [0.25, 0.3) is 0 Å². The van der Waals surface area contributed by atoms with Crippen LogP contribution < -0.4 is 5.32 Å². The van der Waals surface area contributed by atoms with Gasteiger partial charge in [0.2, 0.25) is 5.91 Å². The number of hydrogen-bond acceptors (Lipinski definition) is 3. The van der Waals surface area contributed by atoms with Gasteiger partial charge in [0.05, 0.1) is 6.54 Å². The van der Waals surface area contributed by atoms with Crippen LogP contribution in [0, 0.1) is 0 Å². The van der Waals surface area contributed by atoms with Gasteiger partial charge in [0, 0.05) is 19.0 Å². The summed E-state index contributed by atoms with van der Waals surface area (Å²) in [6.07, 6.45) is 2.23. The van der Waals surface area contributed by atoms with E-state index in [1.807, 2.05) is 11.8 Å². The van der Waals surface area contributed by atoms with Crippen molar-refractivity contribution in [3.8, 4) is 0 Å². The number of nitrogens with zero attached hydrogens (tertiary/aromatic N) is 1. The number of carbonyl (C=O) groups excluding carboxylic acids is 1. The number of carboxylic acids is 1. The molecule has 0 bridgehead atoms. The lowest BCUT2D eigenvalue weighted by Gasteiger charge is -2.27. The van der Waals surface area contributed by atoms with Crippen molar-refractivity contribution >= 4 is 11.9 Å². The average molecular weight is 214 g/mol. The Morgan fingerprint density at radius 1 is 1.67 bits per heavy atom. The third-order valence-corrected chi connectivity index (χ3v) is 2.72. The first-order chi connectivity index (χ1) is 7.13. The molecule has 1 fully saturated rings. The van der Waals surface area contributed by atoms with Crippen LogP contribution in [0.2, 0.25) is 0 Å². The zero-order chi connectivity index (χ0) is 11.3. The van der Waals surface area contributed by atoms with E-state index in [-0.39, 0.29) is 18.5 Å². The first kappa shape index (κ1) is 12.0. The highest BCUT2D eigenvalue weighted by molar-refractivity contribution is 5.77. The fraction of sp³-hybridized carbons (Fsp3) is 0.800. The van der Waals surface area contributed by atoms with E-state index in [1.165, 1.54) is 0 Å². The van der Waals surface area contributed by atoms with E-state index >= 15 is 0 Å². The minimum Gasteiger partial charge on any atom is -0.480 e. The predicted molar refractivity (Wildman–Crippen MR) is 55.5 cm³/mol. The summed E-state index contributed by atoms with van der Waals surface area (Å²) in [5.74, 6) is -0.803. The van der Waals surface area contributed by atoms with E-state index in [9.17, 15) is 9.59 Å². The van der Waals surface area contributed by atoms with Gasteiger partial charge in [0.1, 0.15) is 0 Å². The first-order valence-electron chi connectivity index (χ1n) is 5.36. The highest BCUT2D eigenvalue weighted by Crippen LogP contribution is 2.13. The van der Waals surface area contributed by atoms with Gasteiger partial charge in [-0.15, -0.1) is 0 Å². The summed E-state index contributed by atoms with van der Waals surface area (Å²) >= 11 is 0. The van der Waals surface area contributed by atoms with Crippen LogP contribution in [0.5, 0.6) is 0 Å². The van der Waals surface area contributed by atoms with E-state index in [2.05, 4.69) is 5.32 Å². The number of likely N-dealkylation sites (N-methyl/N-ethyl adjacent to an activating group) is 1. The van der Waals surface area contributed by atoms with Gasteiger partial charge in [-0.3, -0.25) is 14.5 Å². The van der Waals surface area contributed by atoms with Crippen LogP contribution in [-0.4, -0.2) is 47.6 Å². The van der Waals surface area contributed by atoms with E-state index in [0.717, 1.165) is 12.8 Å². The molecule has 1 aliphatic rings. The molecule has 2 N–H and O–H groups in total. The number of carboxylic acid groups (broad SMARTS) is 1. The van der Waals surface area contributed by atoms with Crippen LogP contribution in [-0.2, 0) is 9.59 Å². The van der Waals surface area contributed by atoms with Crippen molar-refractivity contribution in [3.05, 3.63) is 0 Å². The molecular formula is C10H18N2O3. The Bertz CT molecular complexity index is 243. The van der Waals surface area contributed by atoms with Gasteiger partial charge in [-0.1, -0.05) is 6.92 Å². The SMILES string of the molecule is CCN(CC(=O)O)C1CCCNC(=O)C1. The van der Waals surface area contributed by atoms with Gasteiger partial charge < -0.3 is 10.4 Å². The van der Waals surface area contributed by atoms with Crippen LogP contribution >= 0.6 is 0 Å². The molecule has 0 aromatic rings.